The Morgan fingerprint density at radius 2 is 1.76 bits per heavy atom. The second-order valence-electron chi connectivity index (χ2n) is 5.68. The molecular formula is C13H19FN4O2S. The van der Waals surface area contributed by atoms with E-state index in [1.54, 1.807) is 11.4 Å². The molecule has 0 bridgehead atoms. The predicted molar refractivity (Wildman–Crippen MR) is 76.9 cm³/mol. The van der Waals surface area contributed by atoms with Crippen molar-refractivity contribution in [3.05, 3.63) is 18.2 Å². The van der Waals surface area contributed by atoms with Gasteiger partial charge in [-0.15, -0.1) is 0 Å². The topological polar surface area (TPSA) is 66.4 Å². The van der Waals surface area contributed by atoms with Crippen molar-refractivity contribution in [1.82, 2.24) is 14.3 Å². The fraction of sp³-hybridized carbons (Fsp3) is 0.692. The third kappa shape index (κ3) is 3.01. The summed E-state index contributed by atoms with van der Waals surface area (Å²) in [7, 11) is -1.44. The highest BCUT2D eigenvalue weighted by Gasteiger charge is 2.41. The average molecular weight is 314 g/mol. The Bertz CT molecular complexity index is 595. The summed E-state index contributed by atoms with van der Waals surface area (Å²) in [5.74, 6) is 0.0476. The Kier molecular flexibility index (Phi) is 3.83. The molecule has 1 aliphatic heterocycles. The van der Waals surface area contributed by atoms with Gasteiger partial charge in [0.05, 0.1) is 17.6 Å². The summed E-state index contributed by atoms with van der Waals surface area (Å²) in [5.41, 5.74) is 0. The van der Waals surface area contributed by atoms with Gasteiger partial charge in [-0.3, -0.25) is 0 Å². The summed E-state index contributed by atoms with van der Waals surface area (Å²) >= 11 is 0. The number of hydrogen-bond donors (Lipinski definition) is 0. The van der Waals surface area contributed by atoms with Gasteiger partial charge >= 0.3 is 0 Å². The van der Waals surface area contributed by atoms with E-state index in [1.807, 2.05) is 4.90 Å². The molecule has 0 atom stereocenters. The van der Waals surface area contributed by atoms with Gasteiger partial charge in [0, 0.05) is 26.2 Å². The molecule has 8 heteroatoms. The predicted octanol–water partition coefficient (Wildman–Crippen LogP) is 1.01. The smallest absolute Gasteiger partial charge is 0.225 e. The van der Waals surface area contributed by atoms with Crippen molar-refractivity contribution in [2.75, 3.05) is 25.0 Å². The Balaban J connectivity index is 1.61. The molecule has 1 saturated heterocycles. The molecule has 1 aliphatic carbocycles. The number of anilines is 1. The van der Waals surface area contributed by atoms with Crippen LogP contribution in [0.25, 0.3) is 0 Å². The first-order chi connectivity index (χ1) is 9.98. The number of sulfonamides is 1. The van der Waals surface area contributed by atoms with Crippen LogP contribution in [0.1, 0.15) is 25.7 Å². The number of piperidine rings is 1. The Morgan fingerprint density at radius 1 is 1.19 bits per heavy atom. The van der Waals surface area contributed by atoms with E-state index >= 15 is 0 Å². The summed E-state index contributed by atoms with van der Waals surface area (Å²) in [6.45, 7) is 1.36. The first kappa shape index (κ1) is 14.6. The van der Waals surface area contributed by atoms with E-state index in [2.05, 4.69) is 9.97 Å². The molecule has 3 rings (SSSR count). The van der Waals surface area contributed by atoms with E-state index in [9.17, 15) is 12.8 Å². The van der Waals surface area contributed by atoms with Gasteiger partial charge in [-0.25, -0.2) is 27.1 Å². The maximum Gasteiger partial charge on any atom is 0.225 e. The van der Waals surface area contributed by atoms with E-state index < -0.39 is 15.8 Å². The molecule has 0 spiro atoms. The van der Waals surface area contributed by atoms with Gasteiger partial charge < -0.3 is 4.90 Å². The molecule has 0 radical (unpaired) electrons. The van der Waals surface area contributed by atoms with E-state index in [4.69, 9.17) is 0 Å². The number of aromatic nitrogens is 2. The lowest BCUT2D eigenvalue weighted by Crippen LogP contribution is -2.46. The maximum atomic E-state index is 12.8. The third-order valence-electron chi connectivity index (χ3n) is 4.22. The Hall–Kier alpha value is -1.28. The molecule has 2 heterocycles. The van der Waals surface area contributed by atoms with Gasteiger partial charge in [-0.05, 0) is 25.7 Å². The highest BCUT2D eigenvalue weighted by molar-refractivity contribution is 7.90. The molecule has 0 amide bonds. The van der Waals surface area contributed by atoms with Crippen LogP contribution in [0.15, 0.2) is 12.4 Å². The standard InChI is InChI=1S/C13H19FN4O2S/c1-17(21(19,20)12-2-3-12)11-4-6-18(7-5-11)13-15-8-10(14)9-16-13/h8-9,11-12H,2-7H2,1H3. The zero-order chi connectivity index (χ0) is 15.0. The van der Waals surface area contributed by atoms with E-state index in [0.717, 1.165) is 38.1 Å². The SMILES string of the molecule is CN(C1CCN(c2ncc(F)cn2)CC1)S(=O)(=O)C1CC1. The van der Waals surface area contributed by atoms with Crippen LogP contribution in [0.2, 0.25) is 0 Å². The molecule has 1 aromatic heterocycles. The quantitative estimate of drug-likeness (QED) is 0.830. The van der Waals surface area contributed by atoms with Crippen LogP contribution in [-0.2, 0) is 10.0 Å². The molecule has 1 saturated carbocycles. The summed E-state index contributed by atoms with van der Waals surface area (Å²) in [5, 5.41) is -0.166. The second kappa shape index (κ2) is 5.49. The van der Waals surface area contributed by atoms with E-state index in [0.29, 0.717) is 19.0 Å². The minimum atomic E-state index is -3.12. The number of hydrogen-bond acceptors (Lipinski definition) is 5. The van der Waals surface area contributed by atoms with Crippen LogP contribution in [-0.4, -0.2) is 54.1 Å². The first-order valence-electron chi connectivity index (χ1n) is 7.18. The first-order valence-corrected chi connectivity index (χ1v) is 8.68. The third-order valence-corrected chi connectivity index (χ3v) is 6.63. The van der Waals surface area contributed by atoms with E-state index in [-0.39, 0.29) is 11.3 Å². The van der Waals surface area contributed by atoms with Crippen molar-refractivity contribution in [2.24, 2.45) is 0 Å². The fourth-order valence-corrected chi connectivity index (χ4v) is 4.54. The summed E-state index contributed by atoms with van der Waals surface area (Å²) in [6, 6.07) is 0.0345. The fourth-order valence-electron chi connectivity index (χ4n) is 2.71. The van der Waals surface area contributed by atoms with Crippen LogP contribution in [0.5, 0.6) is 0 Å². The maximum absolute atomic E-state index is 12.8. The van der Waals surface area contributed by atoms with Crippen LogP contribution in [0, 0.1) is 5.82 Å². The molecule has 0 unspecified atom stereocenters. The van der Waals surface area contributed by atoms with Crippen molar-refractivity contribution in [3.8, 4) is 0 Å². The van der Waals surface area contributed by atoms with Crippen LogP contribution in [0.4, 0.5) is 10.3 Å². The summed E-state index contributed by atoms with van der Waals surface area (Å²) in [6.07, 6.45) is 5.35. The largest absolute Gasteiger partial charge is 0.341 e. The molecule has 0 aromatic carbocycles. The normalized spacial score (nSPS) is 21.0. The zero-order valence-corrected chi connectivity index (χ0v) is 12.8. The van der Waals surface area contributed by atoms with E-state index in [1.165, 1.54) is 0 Å². The van der Waals surface area contributed by atoms with Crippen molar-refractivity contribution >= 4 is 16.0 Å². The molecule has 116 valence electrons. The number of nitrogens with zero attached hydrogens (tertiary/aromatic N) is 4. The van der Waals surface area contributed by atoms with Crippen molar-refractivity contribution < 1.29 is 12.8 Å². The van der Waals surface area contributed by atoms with Crippen molar-refractivity contribution in [1.29, 1.82) is 0 Å². The molecule has 2 fully saturated rings. The Labute approximate surface area is 124 Å². The van der Waals surface area contributed by atoms with Crippen LogP contribution < -0.4 is 4.90 Å². The van der Waals surface area contributed by atoms with Gasteiger partial charge in [-0.1, -0.05) is 0 Å². The second-order valence-corrected chi connectivity index (χ2v) is 7.95. The number of rotatable bonds is 4. The average Bonchev–Trinajstić information content (AvgIpc) is 3.32. The van der Waals surface area contributed by atoms with Gasteiger partial charge in [0.25, 0.3) is 0 Å². The van der Waals surface area contributed by atoms with Gasteiger partial charge in [0.15, 0.2) is 5.82 Å². The van der Waals surface area contributed by atoms with Gasteiger partial charge in [0.1, 0.15) is 0 Å². The highest BCUT2D eigenvalue weighted by Crippen LogP contribution is 2.32. The van der Waals surface area contributed by atoms with Crippen LogP contribution >= 0.6 is 0 Å². The molecule has 0 N–H and O–H groups in total. The van der Waals surface area contributed by atoms with Gasteiger partial charge in [-0.2, -0.15) is 0 Å². The van der Waals surface area contributed by atoms with Crippen LogP contribution in [0.3, 0.4) is 0 Å². The minimum Gasteiger partial charge on any atom is -0.341 e. The molecule has 2 aliphatic rings. The lowest BCUT2D eigenvalue weighted by Gasteiger charge is -2.36. The van der Waals surface area contributed by atoms with Crippen molar-refractivity contribution in [2.45, 2.75) is 37.0 Å². The zero-order valence-electron chi connectivity index (χ0n) is 11.9. The lowest BCUT2D eigenvalue weighted by atomic mass is 10.1. The monoisotopic (exact) mass is 314 g/mol. The van der Waals surface area contributed by atoms with Crippen molar-refractivity contribution in [3.63, 3.8) is 0 Å². The Morgan fingerprint density at radius 3 is 2.29 bits per heavy atom. The molecule has 21 heavy (non-hydrogen) atoms. The summed E-state index contributed by atoms with van der Waals surface area (Å²) < 4.78 is 38.8. The molecule has 6 nitrogen and oxygen atoms in total. The lowest BCUT2D eigenvalue weighted by molar-refractivity contribution is 0.310. The highest BCUT2D eigenvalue weighted by atomic mass is 32.2. The molecular weight excluding hydrogens is 295 g/mol. The summed E-state index contributed by atoms with van der Waals surface area (Å²) in [4.78, 5) is 9.90. The van der Waals surface area contributed by atoms with Gasteiger partial charge in [0.2, 0.25) is 16.0 Å². The number of halogens is 1. The minimum absolute atomic E-state index is 0.0345. The molecule has 1 aromatic rings.